The fourth-order valence-electron chi connectivity index (χ4n) is 3.30. The van der Waals surface area contributed by atoms with Crippen molar-refractivity contribution in [2.45, 2.75) is 50.7 Å². The van der Waals surface area contributed by atoms with Gasteiger partial charge in [-0.3, -0.25) is 0 Å². The second-order valence-corrected chi connectivity index (χ2v) is 4.82. The fourth-order valence-corrected chi connectivity index (χ4v) is 3.30. The number of fused-ring (bicyclic) bond motifs is 1. The van der Waals surface area contributed by atoms with Gasteiger partial charge in [0.15, 0.2) is 0 Å². The summed E-state index contributed by atoms with van der Waals surface area (Å²) in [5.41, 5.74) is 0. The topological polar surface area (TPSA) is 18.5 Å². The van der Waals surface area contributed by atoms with Crippen molar-refractivity contribution >= 4 is 0 Å². The monoisotopic (exact) mass is 198 g/mol. The fraction of sp³-hybridized carbons (Fsp3) is 1.00. The highest BCUT2D eigenvalue weighted by Crippen LogP contribution is 2.41. The van der Waals surface area contributed by atoms with E-state index in [0.717, 1.165) is 11.8 Å². The van der Waals surface area contributed by atoms with Gasteiger partial charge in [-0.2, -0.15) is 0 Å². The standard InChI is InChI=1S/C12H22O2/c1-13-11-7-9-5-3-4-6-10(9)8-12(11)14-2/h9-12H,3-8H2,1-2H3/t9-,10+,11-,12-/m1/s1. The SMILES string of the molecule is CO[C@@H]1C[C@H]2CCCC[C@H]2C[C@H]1OC. The summed E-state index contributed by atoms with van der Waals surface area (Å²) in [7, 11) is 3.64. The van der Waals surface area contributed by atoms with Crippen molar-refractivity contribution < 1.29 is 9.47 Å². The van der Waals surface area contributed by atoms with E-state index in [-0.39, 0.29) is 0 Å². The van der Waals surface area contributed by atoms with Crippen molar-refractivity contribution in [3.8, 4) is 0 Å². The zero-order chi connectivity index (χ0) is 9.97. The lowest BCUT2D eigenvalue weighted by Gasteiger charge is -2.42. The van der Waals surface area contributed by atoms with Crippen molar-refractivity contribution in [1.82, 2.24) is 0 Å². The molecule has 0 radical (unpaired) electrons. The van der Waals surface area contributed by atoms with E-state index >= 15 is 0 Å². The molecule has 2 nitrogen and oxygen atoms in total. The Kier molecular flexibility index (Phi) is 3.45. The minimum atomic E-state index is 0.347. The van der Waals surface area contributed by atoms with E-state index in [4.69, 9.17) is 9.47 Å². The summed E-state index contributed by atoms with van der Waals surface area (Å²) in [4.78, 5) is 0. The first-order chi connectivity index (χ1) is 6.85. The third kappa shape index (κ3) is 1.96. The highest BCUT2D eigenvalue weighted by Gasteiger charge is 2.38. The Hall–Kier alpha value is -0.0800. The van der Waals surface area contributed by atoms with Gasteiger partial charge in [0.2, 0.25) is 0 Å². The van der Waals surface area contributed by atoms with Crippen LogP contribution in [0, 0.1) is 11.8 Å². The number of ether oxygens (including phenoxy) is 2. The molecule has 0 heterocycles. The van der Waals surface area contributed by atoms with E-state index in [1.165, 1.54) is 38.5 Å². The Balaban J connectivity index is 1.98. The smallest absolute Gasteiger partial charge is 0.0835 e. The summed E-state index contributed by atoms with van der Waals surface area (Å²) in [6, 6.07) is 0. The van der Waals surface area contributed by atoms with Gasteiger partial charge in [0, 0.05) is 14.2 Å². The van der Waals surface area contributed by atoms with Crippen LogP contribution in [0.1, 0.15) is 38.5 Å². The van der Waals surface area contributed by atoms with Crippen LogP contribution in [0.15, 0.2) is 0 Å². The van der Waals surface area contributed by atoms with Gasteiger partial charge in [0.25, 0.3) is 0 Å². The lowest BCUT2D eigenvalue weighted by Crippen LogP contribution is -2.42. The maximum atomic E-state index is 5.52. The van der Waals surface area contributed by atoms with Crippen LogP contribution >= 0.6 is 0 Å². The molecule has 2 heteroatoms. The average molecular weight is 198 g/mol. The average Bonchev–Trinajstić information content (AvgIpc) is 2.27. The first-order valence-corrected chi connectivity index (χ1v) is 5.90. The van der Waals surface area contributed by atoms with Crippen molar-refractivity contribution in [1.29, 1.82) is 0 Å². The molecule has 0 aromatic heterocycles. The molecule has 0 unspecified atom stereocenters. The summed E-state index contributed by atoms with van der Waals surface area (Å²) in [6.07, 6.45) is 8.82. The Morgan fingerprint density at radius 1 is 0.786 bits per heavy atom. The van der Waals surface area contributed by atoms with Crippen molar-refractivity contribution in [3.05, 3.63) is 0 Å². The molecule has 0 aromatic carbocycles. The highest BCUT2D eigenvalue weighted by molar-refractivity contribution is 4.89. The molecule has 0 aliphatic heterocycles. The molecule has 2 aliphatic rings. The molecule has 4 atom stereocenters. The summed E-state index contributed by atoms with van der Waals surface area (Å²) in [5, 5.41) is 0. The third-order valence-corrected chi connectivity index (χ3v) is 4.16. The van der Waals surface area contributed by atoms with Gasteiger partial charge in [-0.15, -0.1) is 0 Å². The first-order valence-electron chi connectivity index (χ1n) is 5.90. The second-order valence-electron chi connectivity index (χ2n) is 4.82. The van der Waals surface area contributed by atoms with Crippen LogP contribution in [0.4, 0.5) is 0 Å². The molecular weight excluding hydrogens is 176 g/mol. The minimum Gasteiger partial charge on any atom is -0.379 e. The van der Waals surface area contributed by atoms with Gasteiger partial charge in [0.1, 0.15) is 0 Å². The molecule has 14 heavy (non-hydrogen) atoms. The predicted octanol–water partition coefficient (Wildman–Crippen LogP) is 2.62. The van der Waals surface area contributed by atoms with Gasteiger partial charge in [-0.25, -0.2) is 0 Å². The molecule has 0 amide bonds. The van der Waals surface area contributed by atoms with E-state index in [1.54, 1.807) is 0 Å². The molecule has 0 spiro atoms. The summed E-state index contributed by atoms with van der Waals surface area (Å²) >= 11 is 0. The van der Waals surface area contributed by atoms with Crippen LogP contribution in [-0.2, 0) is 9.47 Å². The molecule has 82 valence electrons. The summed E-state index contributed by atoms with van der Waals surface area (Å²) in [6.45, 7) is 0. The van der Waals surface area contributed by atoms with Crippen molar-refractivity contribution in [3.63, 3.8) is 0 Å². The maximum Gasteiger partial charge on any atom is 0.0835 e. The molecule has 2 saturated carbocycles. The van der Waals surface area contributed by atoms with Gasteiger partial charge in [0.05, 0.1) is 12.2 Å². The number of rotatable bonds is 2. The molecule has 0 N–H and O–H groups in total. The zero-order valence-corrected chi connectivity index (χ0v) is 9.37. The van der Waals surface area contributed by atoms with Gasteiger partial charge < -0.3 is 9.47 Å². The van der Waals surface area contributed by atoms with Crippen LogP contribution in [0.3, 0.4) is 0 Å². The van der Waals surface area contributed by atoms with Gasteiger partial charge >= 0.3 is 0 Å². The third-order valence-electron chi connectivity index (χ3n) is 4.16. The van der Waals surface area contributed by atoms with Crippen LogP contribution < -0.4 is 0 Å². The molecular formula is C12H22O2. The quantitative estimate of drug-likeness (QED) is 0.679. The Bertz CT molecular complexity index is 157. The lowest BCUT2D eigenvalue weighted by molar-refractivity contribution is -0.0934. The molecule has 2 fully saturated rings. The Morgan fingerprint density at radius 2 is 1.21 bits per heavy atom. The van der Waals surface area contributed by atoms with Crippen molar-refractivity contribution in [2.24, 2.45) is 11.8 Å². The highest BCUT2D eigenvalue weighted by atomic mass is 16.5. The van der Waals surface area contributed by atoms with E-state index in [0.29, 0.717) is 12.2 Å². The summed E-state index contributed by atoms with van der Waals surface area (Å²) < 4.78 is 11.0. The van der Waals surface area contributed by atoms with Crippen LogP contribution in [0.25, 0.3) is 0 Å². The van der Waals surface area contributed by atoms with E-state index < -0.39 is 0 Å². The van der Waals surface area contributed by atoms with E-state index in [2.05, 4.69) is 0 Å². The Morgan fingerprint density at radius 3 is 1.57 bits per heavy atom. The van der Waals surface area contributed by atoms with Gasteiger partial charge in [-0.05, 0) is 24.7 Å². The molecule has 0 bridgehead atoms. The van der Waals surface area contributed by atoms with Crippen LogP contribution in [0.2, 0.25) is 0 Å². The Labute approximate surface area is 87.0 Å². The normalized spacial score (nSPS) is 43.3. The predicted molar refractivity (Wildman–Crippen MR) is 56.3 cm³/mol. The molecule has 0 aromatic rings. The minimum absolute atomic E-state index is 0.347. The van der Waals surface area contributed by atoms with Crippen LogP contribution in [-0.4, -0.2) is 26.4 Å². The lowest BCUT2D eigenvalue weighted by atomic mass is 9.69. The first kappa shape index (κ1) is 10.4. The number of methoxy groups -OCH3 is 2. The van der Waals surface area contributed by atoms with Crippen molar-refractivity contribution in [2.75, 3.05) is 14.2 Å². The van der Waals surface area contributed by atoms with Crippen LogP contribution in [0.5, 0.6) is 0 Å². The number of hydrogen-bond acceptors (Lipinski definition) is 2. The van der Waals surface area contributed by atoms with E-state index in [9.17, 15) is 0 Å². The molecule has 0 saturated heterocycles. The number of hydrogen-bond donors (Lipinski definition) is 0. The second kappa shape index (κ2) is 4.63. The maximum absolute atomic E-state index is 5.52. The largest absolute Gasteiger partial charge is 0.379 e. The molecule has 2 rings (SSSR count). The summed E-state index contributed by atoms with van der Waals surface area (Å²) in [5.74, 6) is 1.83. The zero-order valence-electron chi connectivity index (χ0n) is 9.37. The van der Waals surface area contributed by atoms with E-state index in [1.807, 2.05) is 14.2 Å². The molecule has 2 aliphatic carbocycles. The van der Waals surface area contributed by atoms with Gasteiger partial charge in [-0.1, -0.05) is 25.7 Å².